The molecule has 0 aliphatic carbocycles. The summed E-state index contributed by atoms with van der Waals surface area (Å²) in [6.07, 6.45) is 0. The summed E-state index contributed by atoms with van der Waals surface area (Å²) in [5, 5.41) is -0.0813. The average Bonchev–Trinajstić information content (AvgIpc) is 2.20. The highest BCUT2D eigenvalue weighted by Crippen LogP contribution is 2.28. The lowest BCUT2D eigenvalue weighted by atomic mass is 10.0. The third-order valence-electron chi connectivity index (χ3n) is 2.13. The molecule has 0 saturated carbocycles. The summed E-state index contributed by atoms with van der Waals surface area (Å²) < 4.78 is 39.5. The van der Waals surface area contributed by atoms with Gasteiger partial charge in [-0.15, -0.1) is 0 Å². The molecule has 0 unspecified atom stereocenters. The number of rotatable bonds is 1. The fourth-order valence-corrected chi connectivity index (χ4v) is 1.61. The van der Waals surface area contributed by atoms with Crippen LogP contribution in [0.5, 0.6) is 0 Å². The smallest absolute Gasteiger partial charge is 0.149 e. The van der Waals surface area contributed by atoms with E-state index in [0.717, 1.165) is 18.2 Å². The van der Waals surface area contributed by atoms with E-state index in [-0.39, 0.29) is 16.1 Å². The van der Waals surface area contributed by atoms with Gasteiger partial charge in [0.1, 0.15) is 17.5 Å². The van der Waals surface area contributed by atoms with Gasteiger partial charge in [0.2, 0.25) is 0 Å². The molecule has 0 heterocycles. The highest BCUT2D eigenvalue weighted by Gasteiger charge is 2.10. The monoisotopic (exact) mass is 242 g/mol. The van der Waals surface area contributed by atoms with Crippen LogP contribution >= 0.6 is 11.6 Å². The number of halogens is 4. The molecule has 0 N–H and O–H groups in total. The van der Waals surface area contributed by atoms with Gasteiger partial charge in [-0.25, -0.2) is 13.2 Å². The first-order valence-corrected chi connectivity index (χ1v) is 4.86. The summed E-state index contributed by atoms with van der Waals surface area (Å²) in [6, 6.07) is 7.14. The predicted molar refractivity (Wildman–Crippen MR) is 56.8 cm³/mol. The maximum atomic E-state index is 13.6. The van der Waals surface area contributed by atoms with E-state index in [1.807, 2.05) is 0 Å². The van der Waals surface area contributed by atoms with Crippen molar-refractivity contribution in [3.63, 3.8) is 0 Å². The van der Waals surface area contributed by atoms with Crippen molar-refractivity contribution < 1.29 is 13.2 Å². The SMILES string of the molecule is Fc1cc(F)cc(-c2cccc(Cl)c2F)c1. The Kier molecular flexibility index (Phi) is 2.88. The molecule has 0 aromatic heterocycles. The van der Waals surface area contributed by atoms with E-state index in [2.05, 4.69) is 0 Å². The van der Waals surface area contributed by atoms with E-state index in [4.69, 9.17) is 11.6 Å². The van der Waals surface area contributed by atoms with Crippen LogP contribution in [0.25, 0.3) is 11.1 Å². The van der Waals surface area contributed by atoms with Crippen molar-refractivity contribution in [2.75, 3.05) is 0 Å². The Morgan fingerprint density at radius 2 is 1.50 bits per heavy atom. The Balaban J connectivity index is 2.63. The lowest BCUT2D eigenvalue weighted by Gasteiger charge is -2.05. The Morgan fingerprint density at radius 3 is 2.12 bits per heavy atom. The molecule has 0 radical (unpaired) electrons. The Labute approximate surface area is 95.3 Å². The van der Waals surface area contributed by atoms with Gasteiger partial charge in [0.25, 0.3) is 0 Å². The van der Waals surface area contributed by atoms with Crippen LogP contribution in [0.2, 0.25) is 5.02 Å². The second-order valence-corrected chi connectivity index (χ2v) is 3.67. The van der Waals surface area contributed by atoms with Crippen LogP contribution in [0.1, 0.15) is 0 Å². The summed E-state index contributed by atoms with van der Waals surface area (Å²) in [6.45, 7) is 0. The van der Waals surface area contributed by atoms with Crippen molar-refractivity contribution >= 4 is 11.6 Å². The normalized spacial score (nSPS) is 10.5. The minimum atomic E-state index is -0.755. The highest BCUT2D eigenvalue weighted by atomic mass is 35.5. The third kappa shape index (κ3) is 2.04. The van der Waals surface area contributed by atoms with Crippen LogP contribution in [-0.4, -0.2) is 0 Å². The lowest BCUT2D eigenvalue weighted by Crippen LogP contribution is -1.88. The van der Waals surface area contributed by atoms with Crippen LogP contribution in [-0.2, 0) is 0 Å². The first-order chi connectivity index (χ1) is 7.58. The molecule has 2 rings (SSSR count). The maximum Gasteiger partial charge on any atom is 0.149 e. The molecular formula is C12H6ClF3. The fourth-order valence-electron chi connectivity index (χ4n) is 1.44. The van der Waals surface area contributed by atoms with Gasteiger partial charge < -0.3 is 0 Å². The van der Waals surface area contributed by atoms with Crippen molar-refractivity contribution in [2.24, 2.45) is 0 Å². The van der Waals surface area contributed by atoms with E-state index in [0.29, 0.717) is 0 Å². The van der Waals surface area contributed by atoms with E-state index in [1.165, 1.54) is 18.2 Å². The molecular weight excluding hydrogens is 237 g/mol. The second-order valence-electron chi connectivity index (χ2n) is 3.26. The van der Waals surface area contributed by atoms with Crippen LogP contribution in [0.15, 0.2) is 36.4 Å². The molecule has 0 aliphatic rings. The average molecular weight is 243 g/mol. The van der Waals surface area contributed by atoms with Crippen LogP contribution in [0, 0.1) is 17.5 Å². The summed E-state index contributed by atoms with van der Waals surface area (Å²) in [7, 11) is 0. The number of hydrogen-bond donors (Lipinski definition) is 0. The standard InChI is InChI=1S/C12H6ClF3/c13-11-3-1-2-10(12(11)16)7-4-8(14)6-9(15)5-7/h1-6H. The predicted octanol–water partition coefficient (Wildman–Crippen LogP) is 4.42. The van der Waals surface area contributed by atoms with Crippen molar-refractivity contribution in [3.8, 4) is 11.1 Å². The van der Waals surface area contributed by atoms with Gasteiger partial charge in [0.15, 0.2) is 0 Å². The minimum absolute atomic E-state index is 0.0749. The molecule has 4 heteroatoms. The summed E-state index contributed by atoms with van der Waals surface area (Å²) in [5.74, 6) is -2.20. The molecule has 0 fully saturated rings. The Bertz CT molecular complexity index is 518. The molecule has 0 saturated heterocycles. The molecule has 0 bridgehead atoms. The third-order valence-corrected chi connectivity index (χ3v) is 2.42. The summed E-state index contributed by atoms with van der Waals surface area (Å²) in [5.41, 5.74) is 0.198. The van der Waals surface area contributed by atoms with E-state index in [1.54, 1.807) is 0 Å². The van der Waals surface area contributed by atoms with Crippen molar-refractivity contribution in [1.82, 2.24) is 0 Å². The Morgan fingerprint density at radius 1 is 0.875 bits per heavy atom. The molecule has 82 valence electrons. The van der Waals surface area contributed by atoms with Gasteiger partial charge in [-0.05, 0) is 23.8 Å². The summed E-state index contributed by atoms with van der Waals surface area (Å²) in [4.78, 5) is 0. The molecule has 2 aromatic rings. The van der Waals surface area contributed by atoms with Crippen molar-refractivity contribution in [1.29, 1.82) is 0 Å². The van der Waals surface area contributed by atoms with Crippen LogP contribution in [0.3, 0.4) is 0 Å². The van der Waals surface area contributed by atoms with Gasteiger partial charge in [-0.3, -0.25) is 0 Å². The van der Waals surface area contributed by atoms with Crippen molar-refractivity contribution in [3.05, 3.63) is 58.9 Å². The van der Waals surface area contributed by atoms with Crippen LogP contribution in [0.4, 0.5) is 13.2 Å². The first-order valence-electron chi connectivity index (χ1n) is 4.48. The number of hydrogen-bond acceptors (Lipinski definition) is 0. The van der Waals surface area contributed by atoms with Gasteiger partial charge in [-0.2, -0.15) is 0 Å². The molecule has 16 heavy (non-hydrogen) atoms. The molecule has 2 aromatic carbocycles. The molecule has 0 aliphatic heterocycles. The quantitative estimate of drug-likeness (QED) is 0.694. The maximum absolute atomic E-state index is 13.6. The van der Waals surface area contributed by atoms with Gasteiger partial charge in [0.05, 0.1) is 5.02 Å². The molecule has 0 nitrogen and oxygen atoms in total. The Hall–Kier alpha value is -1.48. The van der Waals surface area contributed by atoms with E-state index in [9.17, 15) is 13.2 Å². The second kappa shape index (κ2) is 4.18. The molecule has 0 atom stereocenters. The summed E-state index contributed by atoms with van der Waals surface area (Å²) >= 11 is 5.58. The zero-order chi connectivity index (χ0) is 11.7. The zero-order valence-corrected chi connectivity index (χ0v) is 8.73. The number of benzene rings is 2. The van der Waals surface area contributed by atoms with Gasteiger partial charge >= 0.3 is 0 Å². The van der Waals surface area contributed by atoms with Gasteiger partial charge in [0, 0.05) is 11.6 Å². The first kappa shape index (κ1) is 11.0. The van der Waals surface area contributed by atoms with Gasteiger partial charge in [-0.1, -0.05) is 23.7 Å². The molecule has 0 amide bonds. The lowest BCUT2D eigenvalue weighted by molar-refractivity contribution is 0.583. The van der Waals surface area contributed by atoms with E-state index >= 15 is 0 Å². The van der Waals surface area contributed by atoms with E-state index < -0.39 is 17.5 Å². The van der Waals surface area contributed by atoms with Crippen LogP contribution < -0.4 is 0 Å². The van der Waals surface area contributed by atoms with Crippen molar-refractivity contribution in [2.45, 2.75) is 0 Å². The highest BCUT2D eigenvalue weighted by molar-refractivity contribution is 6.31. The minimum Gasteiger partial charge on any atom is -0.207 e. The topological polar surface area (TPSA) is 0 Å². The largest absolute Gasteiger partial charge is 0.207 e. The fraction of sp³-hybridized carbons (Fsp3) is 0. The molecule has 0 spiro atoms. The zero-order valence-electron chi connectivity index (χ0n) is 7.98.